The largest absolute Gasteiger partial charge is 0.348 e. The third-order valence-corrected chi connectivity index (χ3v) is 7.31. The first-order valence-electron chi connectivity index (χ1n) is 9.60. The number of sulfonamides is 1. The number of amides is 1. The van der Waals surface area contributed by atoms with Crippen LogP contribution in [0.15, 0.2) is 88.2 Å². The fourth-order valence-corrected chi connectivity index (χ4v) is 4.82. The Labute approximate surface area is 196 Å². The number of rotatable bonds is 8. The van der Waals surface area contributed by atoms with Crippen molar-refractivity contribution in [3.05, 3.63) is 99.5 Å². The lowest BCUT2D eigenvalue weighted by Gasteiger charge is -2.23. The molecule has 0 saturated carbocycles. The smallest absolute Gasteiger partial charge is 0.243 e. The van der Waals surface area contributed by atoms with Crippen LogP contribution in [0.25, 0.3) is 0 Å². The second-order valence-corrected chi connectivity index (χ2v) is 10.3. The van der Waals surface area contributed by atoms with Crippen LogP contribution in [0.2, 0.25) is 5.02 Å². The van der Waals surface area contributed by atoms with Crippen molar-refractivity contribution < 1.29 is 13.2 Å². The fourth-order valence-electron chi connectivity index (χ4n) is 3.05. The van der Waals surface area contributed by atoms with Crippen LogP contribution in [-0.4, -0.2) is 25.2 Å². The summed E-state index contributed by atoms with van der Waals surface area (Å²) in [7, 11) is -3.90. The van der Waals surface area contributed by atoms with E-state index in [1.54, 1.807) is 36.4 Å². The molecule has 3 aromatic rings. The molecule has 31 heavy (non-hydrogen) atoms. The summed E-state index contributed by atoms with van der Waals surface area (Å²) < 4.78 is 28.6. The minimum absolute atomic E-state index is 0.0443. The van der Waals surface area contributed by atoms with Crippen LogP contribution in [-0.2, 0) is 21.4 Å². The Hall–Kier alpha value is -2.19. The summed E-state index contributed by atoms with van der Waals surface area (Å²) in [6.07, 6.45) is 0. The molecule has 8 heteroatoms. The molecule has 0 bridgehead atoms. The standard InChI is InChI=1S/C23H22BrClN2O3S/c1-17(19-5-3-2-4-6-19)26-23(28)16-27(15-18-7-11-21(25)12-8-18)31(29,30)22-13-9-20(24)10-14-22/h2-14,17H,15-16H2,1H3,(H,26,28)/t17-/m0/s1. The van der Waals surface area contributed by atoms with Crippen LogP contribution in [0.3, 0.4) is 0 Å². The molecule has 0 saturated heterocycles. The third kappa shape index (κ3) is 6.40. The van der Waals surface area contributed by atoms with Crippen molar-refractivity contribution in [2.75, 3.05) is 6.54 Å². The van der Waals surface area contributed by atoms with Crippen molar-refractivity contribution in [2.24, 2.45) is 0 Å². The minimum atomic E-state index is -3.90. The average Bonchev–Trinajstić information content (AvgIpc) is 2.75. The lowest BCUT2D eigenvalue weighted by atomic mass is 10.1. The molecular formula is C23H22BrClN2O3S. The predicted molar refractivity (Wildman–Crippen MR) is 126 cm³/mol. The average molecular weight is 522 g/mol. The van der Waals surface area contributed by atoms with E-state index in [9.17, 15) is 13.2 Å². The Morgan fingerprint density at radius 2 is 1.61 bits per heavy atom. The van der Waals surface area contributed by atoms with Gasteiger partial charge in [-0.25, -0.2) is 8.42 Å². The van der Waals surface area contributed by atoms with Gasteiger partial charge in [0.15, 0.2) is 0 Å². The van der Waals surface area contributed by atoms with Gasteiger partial charge in [-0.05, 0) is 54.4 Å². The molecule has 162 valence electrons. The molecule has 3 aromatic carbocycles. The normalized spacial score (nSPS) is 12.5. The molecule has 0 aromatic heterocycles. The SMILES string of the molecule is C[C@H](NC(=O)CN(Cc1ccc(Cl)cc1)S(=O)(=O)c1ccc(Br)cc1)c1ccccc1. The zero-order chi connectivity index (χ0) is 22.4. The van der Waals surface area contributed by atoms with Gasteiger partial charge in [0.2, 0.25) is 15.9 Å². The molecule has 0 radical (unpaired) electrons. The van der Waals surface area contributed by atoms with Gasteiger partial charge in [-0.3, -0.25) is 4.79 Å². The zero-order valence-corrected chi connectivity index (χ0v) is 20.0. The van der Waals surface area contributed by atoms with Gasteiger partial charge >= 0.3 is 0 Å². The number of hydrogen-bond acceptors (Lipinski definition) is 3. The molecule has 0 spiro atoms. The predicted octanol–water partition coefficient (Wildman–Crippen LogP) is 5.17. The maximum absolute atomic E-state index is 13.3. The molecule has 0 heterocycles. The summed E-state index contributed by atoms with van der Waals surface area (Å²) in [5.74, 6) is -0.383. The number of carbonyl (C=O) groups excluding carboxylic acids is 1. The van der Waals surface area contributed by atoms with Crippen molar-refractivity contribution in [3.8, 4) is 0 Å². The summed E-state index contributed by atoms with van der Waals surface area (Å²) in [4.78, 5) is 12.9. The highest BCUT2D eigenvalue weighted by Gasteiger charge is 2.27. The second-order valence-electron chi connectivity index (χ2n) is 7.05. The van der Waals surface area contributed by atoms with E-state index in [1.807, 2.05) is 37.3 Å². The van der Waals surface area contributed by atoms with Crippen LogP contribution in [0, 0.1) is 0 Å². The lowest BCUT2D eigenvalue weighted by molar-refractivity contribution is -0.122. The van der Waals surface area contributed by atoms with Crippen LogP contribution < -0.4 is 5.32 Å². The van der Waals surface area contributed by atoms with Gasteiger partial charge in [0.05, 0.1) is 17.5 Å². The number of nitrogens with one attached hydrogen (secondary N) is 1. The van der Waals surface area contributed by atoms with E-state index in [1.165, 1.54) is 16.4 Å². The summed E-state index contributed by atoms with van der Waals surface area (Å²) >= 11 is 9.26. The van der Waals surface area contributed by atoms with E-state index in [-0.39, 0.29) is 29.9 Å². The van der Waals surface area contributed by atoms with Crippen molar-refractivity contribution in [1.82, 2.24) is 9.62 Å². The van der Waals surface area contributed by atoms with E-state index in [0.717, 1.165) is 15.6 Å². The van der Waals surface area contributed by atoms with E-state index in [2.05, 4.69) is 21.2 Å². The number of hydrogen-bond donors (Lipinski definition) is 1. The van der Waals surface area contributed by atoms with Crippen LogP contribution >= 0.6 is 27.5 Å². The maximum Gasteiger partial charge on any atom is 0.243 e. The van der Waals surface area contributed by atoms with Crippen LogP contribution in [0.5, 0.6) is 0 Å². The van der Waals surface area contributed by atoms with Gasteiger partial charge in [0.1, 0.15) is 0 Å². The quantitative estimate of drug-likeness (QED) is 0.445. The molecule has 0 aliphatic carbocycles. The Morgan fingerprint density at radius 3 is 2.23 bits per heavy atom. The van der Waals surface area contributed by atoms with Crippen LogP contribution in [0.1, 0.15) is 24.1 Å². The molecule has 0 fully saturated rings. The number of benzene rings is 3. The number of nitrogens with zero attached hydrogens (tertiary/aromatic N) is 1. The molecule has 1 atom stereocenters. The Morgan fingerprint density at radius 1 is 1.00 bits per heavy atom. The summed E-state index contributed by atoms with van der Waals surface area (Å²) in [5, 5.41) is 3.44. The summed E-state index contributed by atoms with van der Waals surface area (Å²) in [5.41, 5.74) is 1.67. The monoisotopic (exact) mass is 520 g/mol. The Kier molecular flexibility index (Phi) is 7.89. The molecule has 5 nitrogen and oxygen atoms in total. The van der Waals surface area contributed by atoms with Gasteiger partial charge in [0.25, 0.3) is 0 Å². The Balaban J connectivity index is 1.83. The molecule has 0 aliphatic rings. The van der Waals surface area contributed by atoms with Crippen molar-refractivity contribution in [1.29, 1.82) is 0 Å². The Bertz CT molecular complexity index is 1120. The first-order chi connectivity index (χ1) is 14.8. The van der Waals surface area contributed by atoms with E-state index >= 15 is 0 Å². The van der Waals surface area contributed by atoms with E-state index in [4.69, 9.17) is 11.6 Å². The third-order valence-electron chi connectivity index (χ3n) is 4.72. The molecule has 0 aliphatic heterocycles. The molecule has 1 N–H and O–H groups in total. The van der Waals surface area contributed by atoms with E-state index < -0.39 is 10.0 Å². The first kappa shape index (κ1) is 23.5. The molecule has 3 rings (SSSR count). The van der Waals surface area contributed by atoms with Gasteiger partial charge in [-0.2, -0.15) is 4.31 Å². The van der Waals surface area contributed by atoms with Gasteiger partial charge in [-0.15, -0.1) is 0 Å². The summed E-state index contributed by atoms with van der Waals surface area (Å²) in [6, 6.07) is 22.5. The first-order valence-corrected chi connectivity index (χ1v) is 12.2. The topological polar surface area (TPSA) is 66.5 Å². The molecular weight excluding hydrogens is 500 g/mol. The number of halogens is 2. The highest BCUT2D eigenvalue weighted by atomic mass is 79.9. The molecule has 1 amide bonds. The summed E-state index contributed by atoms with van der Waals surface area (Å²) in [6.45, 7) is 1.60. The van der Waals surface area contributed by atoms with Crippen molar-refractivity contribution >= 4 is 43.5 Å². The van der Waals surface area contributed by atoms with Crippen LogP contribution in [0.4, 0.5) is 0 Å². The maximum atomic E-state index is 13.3. The zero-order valence-electron chi connectivity index (χ0n) is 16.8. The van der Waals surface area contributed by atoms with Gasteiger partial charge < -0.3 is 5.32 Å². The molecule has 0 unspecified atom stereocenters. The van der Waals surface area contributed by atoms with Crippen molar-refractivity contribution in [2.45, 2.75) is 24.4 Å². The van der Waals surface area contributed by atoms with Gasteiger partial charge in [0, 0.05) is 16.0 Å². The number of carbonyl (C=O) groups is 1. The van der Waals surface area contributed by atoms with Gasteiger partial charge in [-0.1, -0.05) is 70.0 Å². The highest BCUT2D eigenvalue weighted by Crippen LogP contribution is 2.22. The van der Waals surface area contributed by atoms with E-state index in [0.29, 0.717) is 5.02 Å². The van der Waals surface area contributed by atoms with Crippen molar-refractivity contribution in [3.63, 3.8) is 0 Å². The minimum Gasteiger partial charge on any atom is -0.348 e. The highest BCUT2D eigenvalue weighted by molar-refractivity contribution is 9.10. The fraction of sp³-hybridized carbons (Fsp3) is 0.174. The second kappa shape index (κ2) is 10.4. The lowest BCUT2D eigenvalue weighted by Crippen LogP contribution is -2.41.